The Morgan fingerprint density at radius 1 is 1.12 bits per heavy atom. The van der Waals surface area contributed by atoms with Crippen LogP contribution in [-0.4, -0.2) is 56.6 Å². The lowest BCUT2D eigenvalue weighted by Crippen LogP contribution is -2.51. The zero-order valence-corrected chi connectivity index (χ0v) is 16.5. The van der Waals surface area contributed by atoms with E-state index < -0.39 is 0 Å². The molecule has 1 aromatic rings. The maximum atomic E-state index is 13.1. The predicted octanol–water partition coefficient (Wildman–Crippen LogP) is 3.35. The van der Waals surface area contributed by atoms with E-state index in [-0.39, 0.29) is 12.0 Å². The highest BCUT2D eigenvalue weighted by atomic mass is 16.5. The van der Waals surface area contributed by atoms with Crippen LogP contribution in [0.5, 0.6) is 11.5 Å². The van der Waals surface area contributed by atoms with Crippen molar-refractivity contribution >= 4 is 5.91 Å². The van der Waals surface area contributed by atoms with Gasteiger partial charge in [0.2, 0.25) is 5.91 Å². The molecule has 26 heavy (non-hydrogen) atoms. The summed E-state index contributed by atoms with van der Waals surface area (Å²) in [5.41, 5.74) is 1.16. The summed E-state index contributed by atoms with van der Waals surface area (Å²) in [5, 5.41) is 0. The molecule has 1 aliphatic heterocycles. The van der Waals surface area contributed by atoms with Gasteiger partial charge in [0.25, 0.3) is 0 Å². The summed E-state index contributed by atoms with van der Waals surface area (Å²) >= 11 is 0. The van der Waals surface area contributed by atoms with Gasteiger partial charge in [-0.3, -0.25) is 9.69 Å². The van der Waals surface area contributed by atoms with Crippen molar-refractivity contribution in [2.75, 3.05) is 40.9 Å². The quantitative estimate of drug-likeness (QED) is 0.808. The number of likely N-dealkylation sites (N-methyl/N-ethyl adjacent to an activating group) is 1. The van der Waals surface area contributed by atoms with Crippen molar-refractivity contribution in [2.45, 2.75) is 38.6 Å². The Bertz CT molecular complexity index is 628. The first kappa shape index (κ1) is 19.0. The summed E-state index contributed by atoms with van der Waals surface area (Å²) in [4.78, 5) is 17.5. The fraction of sp³-hybridized carbons (Fsp3) is 0.667. The number of ether oxygens (including phenoxy) is 2. The van der Waals surface area contributed by atoms with Crippen molar-refractivity contribution < 1.29 is 14.3 Å². The largest absolute Gasteiger partial charge is 0.493 e. The first-order valence-electron chi connectivity index (χ1n) is 9.76. The minimum absolute atomic E-state index is 0.145. The molecule has 0 spiro atoms. The van der Waals surface area contributed by atoms with Crippen LogP contribution in [0.2, 0.25) is 0 Å². The van der Waals surface area contributed by atoms with Crippen LogP contribution in [0.4, 0.5) is 0 Å². The molecule has 2 unspecified atom stereocenters. The molecule has 1 amide bonds. The Morgan fingerprint density at radius 2 is 1.81 bits per heavy atom. The normalized spacial score (nSPS) is 23.1. The van der Waals surface area contributed by atoms with Crippen molar-refractivity contribution in [3.8, 4) is 11.5 Å². The van der Waals surface area contributed by atoms with Gasteiger partial charge in [0.05, 0.1) is 20.3 Å². The fourth-order valence-electron chi connectivity index (χ4n) is 4.44. The van der Waals surface area contributed by atoms with Crippen molar-refractivity contribution in [1.82, 2.24) is 9.80 Å². The Kier molecular flexibility index (Phi) is 6.07. The van der Waals surface area contributed by atoms with Gasteiger partial charge in [0.1, 0.15) is 0 Å². The van der Waals surface area contributed by atoms with Gasteiger partial charge in [-0.05, 0) is 43.5 Å². The highest BCUT2D eigenvalue weighted by Gasteiger charge is 2.34. The molecule has 1 aromatic carbocycles. The second kappa shape index (κ2) is 8.30. The average molecular weight is 360 g/mol. The third-order valence-electron chi connectivity index (χ3n) is 6.25. The van der Waals surface area contributed by atoms with Crippen LogP contribution in [0.1, 0.15) is 44.2 Å². The van der Waals surface area contributed by atoms with Gasteiger partial charge in [-0.25, -0.2) is 0 Å². The number of hydrogen-bond donors (Lipinski definition) is 0. The van der Waals surface area contributed by atoms with E-state index in [1.165, 1.54) is 25.7 Å². The van der Waals surface area contributed by atoms with E-state index >= 15 is 0 Å². The van der Waals surface area contributed by atoms with Crippen LogP contribution < -0.4 is 9.47 Å². The van der Waals surface area contributed by atoms with Gasteiger partial charge in [-0.15, -0.1) is 0 Å². The second-order valence-corrected chi connectivity index (χ2v) is 7.73. The SMILES string of the molecule is COc1ccc(C2CN(C(=O)C(C)C3CCCC3)CCN2C)cc1OC. The molecule has 1 saturated carbocycles. The van der Waals surface area contributed by atoms with Crippen molar-refractivity contribution in [2.24, 2.45) is 11.8 Å². The van der Waals surface area contributed by atoms with Crippen LogP contribution in [0.15, 0.2) is 18.2 Å². The molecule has 0 radical (unpaired) electrons. The maximum Gasteiger partial charge on any atom is 0.225 e. The molecule has 2 fully saturated rings. The molecule has 144 valence electrons. The Labute approximate surface area is 157 Å². The third kappa shape index (κ3) is 3.83. The molecular weight excluding hydrogens is 328 g/mol. The van der Waals surface area contributed by atoms with E-state index in [4.69, 9.17) is 9.47 Å². The van der Waals surface area contributed by atoms with E-state index in [9.17, 15) is 4.79 Å². The number of rotatable bonds is 5. The minimum Gasteiger partial charge on any atom is -0.493 e. The first-order valence-corrected chi connectivity index (χ1v) is 9.76. The monoisotopic (exact) mass is 360 g/mol. The van der Waals surface area contributed by atoms with Gasteiger partial charge in [-0.2, -0.15) is 0 Å². The van der Waals surface area contributed by atoms with Crippen LogP contribution in [0.25, 0.3) is 0 Å². The molecule has 2 aliphatic rings. The Morgan fingerprint density at radius 3 is 2.46 bits per heavy atom. The molecular formula is C21H32N2O3. The van der Waals surface area contributed by atoms with E-state index in [1.54, 1.807) is 14.2 Å². The summed E-state index contributed by atoms with van der Waals surface area (Å²) in [6.45, 7) is 4.57. The minimum atomic E-state index is 0.145. The number of amides is 1. The Balaban J connectivity index is 1.74. The van der Waals surface area contributed by atoms with E-state index in [0.717, 1.165) is 36.7 Å². The van der Waals surface area contributed by atoms with Gasteiger partial charge < -0.3 is 14.4 Å². The molecule has 0 N–H and O–H groups in total. The summed E-state index contributed by atoms with van der Waals surface area (Å²) in [6, 6.07) is 6.25. The van der Waals surface area contributed by atoms with Crippen LogP contribution in [0.3, 0.4) is 0 Å². The predicted molar refractivity (Wildman–Crippen MR) is 103 cm³/mol. The standard InChI is InChI=1S/C21H32N2O3/c1-15(16-7-5-6-8-16)21(24)23-12-11-22(2)18(14-23)17-9-10-19(25-3)20(13-17)26-4/h9-10,13,15-16,18H,5-8,11-12,14H2,1-4H3. The highest BCUT2D eigenvalue weighted by Crippen LogP contribution is 2.35. The van der Waals surface area contributed by atoms with Crippen molar-refractivity contribution in [1.29, 1.82) is 0 Å². The second-order valence-electron chi connectivity index (χ2n) is 7.73. The summed E-state index contributed by atoms with van der Waals surface area (Å²) < 4.78 is 10.8. The highest BCUT2D eigenvalue weighted by molar-refractivity contribution is 5.79. The summed E-state index contributed by atoms with van der Waals surface area (Å²) in [7, 11) is 5.43. The lowest BCUT2D eigenvalue weighted by molar-refractivity contribution is -0.139. The lowest BCUT2D eigenvalue weighted by atomic mass is 9.90. The van der Waals surface area contributed by atoms with Crippen molar-refractivity contribution in [3.63, 3.8) is 0 Å². The lowest BCUT2D eigenvalue weighted by Gasteiger charge is -2.41. The van der Waals surface area contributed by atoms with Crippen LogP contribution in [-0.2, 0) is 4.79 Å². The van der Waals surface area contributed by atoms with E-state index in [1.807, 2.05) is 12.1 Å². The molecule has 3 rings (SSSR count). The summed E-state index contributed by atoms with van der Waals surface area (Å²) in [6.07, 6.45) is 4.97. The zero-order valence-electron chi connectivity index (χ0n) is 16.5. The van der Waals surface area contributed by atoms with Crippen LogP contribution >= 0.6 is 0 Å². The zero-order chi connectivity index (χ0) is 18.7. The number of hydrogen-bond acceptors (Lipinski definition) is 4. The van der Waals surface area contributed by atoms with Gasteiger partial charge >= 0.3 is 0 Å². The number of piperazine rings is 1. The fourth-order valence-corrected chi connectivity index (χ4v) is 4.44. The molecule has 1 saturated heterocycles. The van der Waals surface area contributed by atoms with E-state index in [2.05, 4.69) is 29.8 Å². The van der Waals surface area contributed by atoms with Gasteiger partial charge in [-0.1, -0.05) is 25.8 Å². The topological polar surface area (TPSA) is 42.0 Å². The van der Waals surface area contributed by atoms with Crippen LogP contribution in [0, 0.1) is 11.8 Å². The average Bonchev–Trinajstić information content (AvgIpc) is 3.21. The molecule has 2 atom stereocenters. The number of benzene rings is 1. The van der Waals surface area contributed by atoms with E-state index in [0.29, 0.717) is 11.8 Å². The molecule has 0 aromatic heterocycles. The smallest absolute Gasteiger partial charge is 0.225 e. The molecule has 1 heterocycles. The molecule has 0 bridgehead atoms. The molecule has 1 aliphatic carbocycles. The van der Waals surface area contributed by atoms with Crippen molar-refractivity contribution in [3.05, 3.63) is 23.8 Å². The number of methoxy groups -OCH3 is 2. The van der Waals surface area contributed by atoms with Gasteiger partial charge in [0, 0.05) is 25.6 Å². The Hall–Kier alpha value is -1.75. The van der Waals surface area contributed by atoms with Gasteiger partial charge in [0.15, 0.2) is 11.5 Å². The number of nitrogens with zero attached hydrogens (tertiary/aromatic N) is 2. The number of carbonyl (C=O) groups is 1. The summed E-state index contributed by atoms with van der Waals surface area (Å²) in [5.74, 6) is 2.52. The maximum absolute atomic E-state index is 13.1. The molecule has 5 heteroatoms. The third-order valence-corrected chi connectivity index (χ3v) is 6.25. The molecule has 5 nitrogen and oxygen atoms in total. The first-order chi connectivity index (χ1) is 12.5. The number of carbonyl (C=O) groups excluding carboxylic acids is 1.